The minimum Gasteiger partial charge on any atom is -0.507 e. The summed E-state index contributed by atoms with van der Waals surface area (Å²) in [6, 6.07) is 13.9. The van der Waals surface area contributed by atoms with Crippen LogP contribution in [0.3, 0.4) is 0 Å². The van der Waals surface area contributed by atoms with Gasteiger partial charge in [0.2, 0.25) is 11.2 Å². The van der Waals surface area contributed by atoms with Gasteiger partial charge in [-0.25, -0.2) is 0 Å². The highest BCUT2D eigenvalue weighted by Crippen LogP contribution is 2.41. The molecule has 3 N–H and O–H groups in total. The molecule has 1 aromatic heterocycles. The molecule has 0 aliphatic carbocycles. The zero-order chi connectivity index (χ0) is 27.7. The Labute approximate surface area is 219 Å². The van der Waals surface area contributed by atoms with Crippen molar-refractivity contribution in [3.63, 3.8) is 0 Å². The number of phenols is 1. The predicted octanol–water partition coefficient (Wildman–Crippen LogP) is 4.74. The molecule has 0 spiro atoms. The van der Waals surface area contributed by atoms with Gasteiger partial charge in [0.15, 0.2) is 11.5 Å². The van der Waals surface area contributed by atoms with Crippen molar-refractivity contribution in [3.8, 4) is 28.4 Å². The first-order valence-electron chi connectivity index (χ1n) is 11.9. The third kappa shape index (κ3) is 5.26. The van der Waals surface area contributed by atoms with Crippen molar-refractivity contribution in [3.05, 3.63) is 87.8 Å². The molecule has 5 rings (SSSR count). The van der Waals surface area contributed by atoms with Gasteiger partial charge in [0, 0.05) is 6.54 Å². The highest BCUT2D eigenvalue weighted by atomic mass is 19.4. The molecule has 1 aliphatic rings. The Morgan fingerprint density at radius 1 is 1.00 bits per heavy atom. The molecular formula is C28H22F3NO7. The van der Waals surface area contributed by atoms with Crippen molar-refractivity contribution >= 4 is 16.9 Å². The topological polar surface area (TPSA) is 118 Å². The maximum Gasteiger partial charge on any atom is 0.450 e. The number of aromatic hydroxyl groups is 1. The van der Waals surface area contributed by atoms with E-state index < -0.39 is 46.3 Å². The first-order chi connectivity index (χ1) is 18.6. The number of hydrogen-bond donors (Lipinski definition) is 3. The number of ether oxygens (including phenoxy) is 2. The number of aliphatic carboxylic acids is 1. The van der Waals surface area contributed by atoms with Crippen molar-refractivity contribution in [1.82, 2.24) is 5.32 Å². The Bertz CT molecular complexity index is 1600. The summed E-state index contributed by atoms with van der Waals surface area (Å²) in [5, 5.41) is 22.7. The molecule has 2 heterocycles. The van der Waals surface area contributed by atoms with Gasteiger partial charge in [0.05, 0.1) is 16.5 Å². The second-order valence-electron chi connectivity index (χ2n) is 8.89. The van der Waals surface area contributed by atoms with Gasteiger partial charge < -0.3 is 24.1 Å². The van der Waals surface area contributed by atoms with Crippen molar-refractivity contribution in [2.45, 2.75) is 25.2 Å². The molecule has 4 aromatic rings. The molecule has 0 bridgehead atoms. The van der Waals surface area contributed by atoms with Gasteiger partial charge in [0.25, 0.3) is 0 Å². The minimum absolute atomic E-state index is 0.0771. The van der Waals surface area contributed by atoms with Gasteiger partial charge in [-0.2, -0.15) is 13.2 Å². The summed E-state index contributed by atoms with van der Waals surface area (Å²) in [5.74, 6) is -2.67. The standard InChI is InChI=1S/C28H22F3NO7/c29-28(30,31)26-23(16-6-9-21-22(13-16)38-11-10-37-21)24(34)17-7-8-20(33)18(25(17)39-26)14-32-19(27(35)36)12-15-4-2-1-3-5-15/h1-9,13,19,32-33H,10-12,14H2,(H,35,36)/t19-/m0/s1. The zero-order valence-electron chi connectivity index (χ0n) is 20.2. The van der Waals surface area contributed by atoms with E-state index in [-0.39, 0.29) is 48.4 Å². The van der Waals surface area contributed by atoms with Crippen LogP contribution in [-0.4, -0.2) is 35.4 Å². The Hall–Kier alpha value is -4.51. The number of carboxylic acids is 1. The van der Waals surface area contributed by atoms with Gasteiger partial charge in [0.1, 0.15) is 30.6 Å². The summed E-state index contributed by atoms with van der Waals surface area (Å²) in [6.07, 6.45) is -4.99. The molecular weight excluding hydrogens is 519 g/mol. The number of phenolic OH excluding ortho intramolecular Hbond substituents is 1. The van der Waals surface area contributed by atoms with E-state index >= 15 is 0 Å². The Kier molecular flexibility index (Phi) is 6.92. The Morgan fingerprint density at radius 2 is 1.72 bits per heavy atom. The normalized spacial score (nSPS) is 13.8. The maximum absolute atomic E-state index is 14.2. The molecule has 39 heavy (non-hydrogen) atoms. The van der Waals surface area contributed by atoms with Crippen LogP contribution in [0.15, 0.2) is 69.9 Å². The Balaban J connectivity index is 1.59. The first-order valence-corrected chi connectivity index (χ1v) is 11.9. The fourth-order valence-corrected chi connectivity index (χ4v) is 4.46. The lowest BCUT2D eigenvalue weighted by Gasteiger charge is -2.20. The van der Waals surface area contributed by atoms with Crippen molar-refractivity contribution in [2.75, 3.05) is 13.2 Å². The monoisotopic (exact) mass is 541 g/mol. The molecule has 0 radical (unpaired) electrons. The minimum atomic E-state index is -5.07. The van der Waals surface area contributed by atoms with E-state index in [4.69, 9.17) is 13.9 Å². The van der Waals surface area contributed by atoms with Gasteiger partial charge in [-0.15, -0.1) is 0 Å². The van der Waals surface area contributed by atoms with E-state index in [2.05, 4.69) is 5.32 Å². The first kappa shape index (κ1) is 26.1. The van der Waals surface area contributed by atoms with Crippen LogP contribution < -0.4 is 20.2 Å². The number of carbonyl (C=O) groups is 1. The number of benzene rings is 3. The van der Waals surface area contributed by atoms with Gasteiger partial charge in [-0.05, 0) is 41.8 Å². The quantitative estimate of drug-likeness (QED) is 0.307. The highest BCUT2D eigenvalue weighted by molar-refractivity contribution is 5.87. The van der Waals surface area contributed by atoms with Crippen molar-refractivity contribution < 1.29 is 42.1 Å². The van der Waals surface area contributed by atoms with E-state index in [1.54, 1.807) is 30.3 Å². The second kappa shape index (κ2) is 10.3. The van der Waals surface area contributed by atoms with E-state index in [1.807, 2.05) is 0 Å². The second-order valence-corrected chi connectivity index (χ2v) is 8.89. The predicted molar refractivity (Wildman–Crippen MR) is 134 cm³/mol. The van der Waals surface area contributed by atoms with E-state index in [1.165, 1.54) is 24.3 Å². The third-order valence-corrected chi connectivity index (χ3v) is 6.33. The lowest BCUT2D eigenvalue weighted by atomic mass is 9.99. The van der Waals surface area contributed by atoms with Crippen molar-refractivity contribution in [1.29, 1.82) is 0 Å². The lowest BCUT2D eigenvalue weighted by molar-refractivity contribution is -0.152. The van der Waals surface area contributed by atoms with Crippen LogP contribution >= 0.6 is 0 Å². The van der Waals surface area contributed by atoms with Gasteiger partial charge in [-0.1, -0.05) is 36.4 Å². The SMILES string of the molecule is O=C(O)[C@H](Cc1ccccc1)NCc1c(O)ccc2c(=O)c(-c3ccc4c(c3)OCCO4)c(C(F)(F)F)oc12. The van der Waals surface area contributed by atoms with Gasteiger partial charge in [-0.3, -0.25) is 14.9 Å². The number of alkyl halides is 3. The summed E-state index contributed by atoms with van der Waals surface area (Å²) in [6.45, 7) is 0.107. The summed E-state index contributed by atoms with van der Waals surface area (Å²) >= 11 is 0. The lowest BCUT2D eigenvalue weighted by Crippen LogP contribution is -2.38. The van der Waals surface area contributed by atoms with Crippen LogP contribution in [0.5, 0.6) is 17.2 Å². The highest BCUT2D eigenvalue weighted by Gasteiger charge is 2.40. The molecule has 1 aliphatic heterocycles. The Morgan fingerprint density at radius 3 is 2.41 bits per heavy atom. The van der Waals surface area contributed by atoms with Crippen LogP contribution in [0.25, 0.3) is 22.1 Å². The molecule has 0 amide bonds. The average Bonchev–Trinajstić information content (AvgIpc) is 2.91. The number of rotatable bonds is 7. The number of halogens is 3. The third-order valence-electron chi connectivity index (χ3n) is 6.33. The molecule has 0 saturated heterocycles. The summed E-state index contributed by atoms with van der Waals surface area (Å²) < 4.78 is 58.9. The molecule has 0 fully saturated rings. The fraction of sp³-hybridized carbons (Fsp3) is 0.214. The maximum atomic E-state index is 14.2. The number of hydrogen-bond acceptors (Lipinski definition) is 7. The summed E-state index contributed by atoms with van der Waals surface area (Å²) in [7, 11) is 0. The van der Waals surface area contributed by atoms with E-state index in [0.29, 0.717) is 5.75 Å². The summed E-state index contributed by atoms with van der Waals surface area (Å²) in [5.41, 5.74) is -1.73. The van der Waals surface area contributed by atoms with Crippen LogP contribution in [0.1, 0.15) is 16.9 Å². The number of nitrogens with one attached hydrogen (secondary N) is 1. The van der Waals surface area contributed by atoms with Crippen LogP contribution in [-0.2, 0) is 23.9 Å². The van der Waals surface area contributed by atoms with Crippen molar-refractivity contribution in [2.24, 2.45) is 0 Å². The molecule has 0 unspecified atom stereocenters. The smallest absolute Gasteiger partial charge is 0.450 e. The number of carboxylic acid groups (broad SMARTS) is 1. The summed E-state index contributed by atoms with van der Waals surface area (Å²) in [4.78, 5) is 25.3. The van der Waals surface area contributed by atoms with E-state index in [9.17, 15) is 33.0 Å². The molecule has 202 valence electrons. The van der Waals surface area contributed by atoms with Gasteiger partial charge >= 0.3 is 12.1 Å². The molecule has 0 saturated carbocycles. The number of fused-ring (bicyclic) bond motifs is 2. The zero-order valence-corrected chi connectivity index (χ0v) is 20.2. The molecule has 8 nitrogen and oxygen atoms in total. The average molecular weight is 541 g/mol. The van der Waals surface area contributed by atoms with Crippen LogP contribution in [0.2, 0.25) is 0 Å². The molecule has 1 atom stereocenters. The van der Waals surface area contributed by atoms with E-state index in [0.717, 1.165) is 11.6 Å². The van der Waals surface area contributed by atoms with Crippen LogP contribution in [0, 0.1) is 0 Å². The largest absolute Gasteiger partial charge is 0.507 e. The molecule has 11 heteroatoms. The fourth-order valence-electron chi connectivity index (χ4n) is 4.46. The van der Waals surface area contributed by atoms with Crippen LogP contribution in [0.4, 0.5) is 13.2 Å². The molecule has 3 aromatic carbocycles.